The zero-order chi connectivity index (χ0) is 13.0. The third-order valence-corrected chi connectivity index (χ3v) is 2.59. The van der Waals surface area contributed by atoms with E-state index in [-0.39, 0.29) is 0 Å². The van der Waals surface area contributed by atoms with Crippen molar-refractivity contribution in [2.24, 2.45) is 0 Å². The van der Waals surface area contributed by atoms with E-state index in [0.29, 0.717) is 6.01 Å². The molecule has 0 spiro atoms. The van der Waals surface area contributed by atoms with Crippen molar-refractivity contribution in [1.82, 2.24) is 15.3 Å². The number of ether oxygens (including phenoxy) is 1. The molecular weight excluding hydrogens is 226 g/mol. The number of nitrogens with one attached hydrogen (secondary N) is 1. The summed E-state index contributed by atoms with van der Waals surface area (Å²) in [6.07, 6.45) is 3.53. The molecule has 0 aliphatic carbocycles. The fourth-order valence-electron chi connectivity index (χ4n) is 1.70. The number of hydrogen-bond donors (Lipinski definition) is 1. The zero-order valence-electron chi connectivity index (χ0n) is 10.9. The van der Waals surface area contributed by atoms with E-state index in [9.17, 15) is 0 Å². The van der Waals surface area contributed by atoms with Crippen LogP contribution in [-0.4, -0.2) is 17.0 Å². The molecule has 4 heteroatoms. The van der Waals surface area contributed by atoms with E-state index in [2.05, 4.69) is 28.3 Å². The molecule has 94 valence electrons. The predicted molar refractivity (Wildman–Crippen MR) is 70.8 cm³/mol. The second kappa shape index (κ2) is 5.60. The number of benzene rings is 1. The quantitative estimate of drug-likeness (QED) is 0.896. The standard InChI is InChI=1S/C14H17N3O/c1-10-4-5-13(11(2)6-10)18-14-16-8-12(7-15-3)9-17-14/h4-6,8-9,15H,7H2,1-3H3. The lowest BCUT2D eigenvalue weighted by Gasteiger charge is -2.07. The summed E-state index contributed by atoms with van der Waals surface area (Å²) in [5, 5.41) is 3.05. The Morgan fingerprint density at radius 2 is 1.89 bits per heavy atom. The molecule has 1 N–H and O–H groups in total. The first kappa shape index (κ1) is 12.5. The molecule has 0 atom stereocenters. The maximum Gasteiger partial charge on any atom is 0.321 e. The fraction of sp³-hybridized carbons (Fsp3) is 0.286. The normalized spacial score (nSPS) is 10.4. The molecule has 0 saturated carbocycles. The second-order valence-corrected chi connectivity index (χ2v) is 4.28. The molecule has 2 rings (SSSR count). The number of hydrogen-bond acceptors (Lipinski definition) is 4. The Hall–Kier alpha value is -1.94. The summed E-state index contributed by atoms with van der Waals surface area (Å²) >= 11 is 0. The van der Waals surface area contributed by atoms with Crippen LogP contribution >= 0.6 is 0 Å². The summed E-state index contributed by atoms with van der Waals surface area (Å²) in [4.78, 5) is 8.37. The Bertz CT molecular complexity index is 523. The smallest absolute Gasteiger partial charge is 0.321 e. The molecule has 0 unspecified atom stereocenters. The van der Waals surface area contributed by atoms with Crippen molar-refractivity contribution in [2.75, 3.05) is 7.05 Å². The number of nitrogens with zero attached hydrogens (tertiary/aromatic N) is 2. The van der Waals surface area contributed by atoms with E-state index in [4.69, 9.17) is 4.74 Å². The molecule has 4 nitrogen and oxygen atoms in total. The van der Waals surface area contributed by atoms with Crippen molar-refractivity contribution < 1.29 is 4.74 Å². The van der Waals surface area contributed by atoms with E-state index in [1.807, 2.05) is 26.1 Å². The molecule has 1 aromatic carbocycles. The van der Waals surface area contributed by atoms with E-state index in [1.165, 1.54) is 5.56 Å². The van der Waals surface area contributed by atoms with Gasteiger partial charge in [0.15, 0.2) is 0 Å². The van der Waals surface area contributed by atoms with Crippen LogP contribution in [0.1, 0.15) is 16.7 Å². The highest BCUT2D eigenvalue weighted by molar-refractivity contribution is 5.37. The van der Waals surface area contributed by atoms with Gasteiger partial charge in [-0.2, -0.15) is 0 Å². The SMILES string of the molecule is CNCc1cnc(Oc2ccc(C)cc2C)nc1. The highest BCUT2D eigenvalue weighted by Crippen LogP contribution is 2.22. The van der Waals surface area contributed by atoms with E-state index < -0.39 is 0 Å². The summed E-state index contributed by atoms with van der Waals surface area (Å²) in [5.41, 5.74) is 3.33. The summed E-state index contributed by atoms with van der Waals surface area (Å²) in [6.45, 7) is 4.82. The predicted octanol–water partition coefficient (Wildman–Crippen LogP) is 2.61. The van der Waals surface area contributed by atoms with Crippen molar-refractivity contribution in [1.29, 1.82) is 0 Å². The highest BCUT2D eigenvalue weighted by atomic mass is 16.5. The van der Waals surface area contributed by atoms with Crippen LogP contribution in [0.3, 0.4) is 0 Å². The van der Waals surface area contributed by atoms with Crippen LogP contribution in [-0.2, 0) is 6.54 Å². The van der Waals surface area contributed by atoms with Crippen LogP contribution in [0.25, 0.3) is 0 Å². The van der Waals surface area contributed by atoms with Crippen molar-refractivity contribution >= 4 is 0 Å². The largest absolute Gasteiger partial charge is 0.424 e. The van der Waals surface area contributed by atoms with Crippen LogP contribution < -0.4 is 10.1 Å². The van der Waals surface area contributed by atoms with Crippen molar-refractivity contribution in [3.63, 3.8) is 0 Å². The molecule has 1 heterocycles. The number of rotatable bonds is 4. The monoisotopic (exact) mass is 243 g/mol. The third kappa shape index (κ3) is 3.05. The first-order valence-corrected chi connectivity index (χ1v) is 5.89. The lowest BCUT2D eigenvalue weighted by atomic mass is 10.1. The molecular formula is C14H17N3O. The first-order valence-electron chi connectivity index (χ1n) is 5.89. The van der Waals surface area contributed by atoms with Crippen LogP contribution in [0, 0.1) is 13.8 Å². The average molecular weight is 243 g/mol. The summed E-state index contributed by atoms with van der Waals surface area (Å²) in [5.74, 6) is 0.793. The molecule has 18 heavy (non-hydrogen) atoms. The molecule has 0 aliphatic rings. The van der Waals surface area contributed by atoms with E-state index >= 15 is 0 Å². The molecule has 0 fully saturated rings. The Morgan fingerprint density at radius 1 is 1.17 bits per heavy atom. The van der Waals surface area contributed by atoms with Crippen LogP contribution in [0.4, 0.5) is 0 Å². The minimum atomic E-state index is 0.377. The molecule has 0 amide bonds. The van der Waals surface area contributed by atoms with E-state index in [0.717, 1.165) is 23.4 Å². The van der Waals surface area contributed by atoms with Crippen molar-refractivity contribution in [3.05, 3.63) is 47.3 Å². The Kier molecular flexibility index (Phi) is 3.89. The number of aromatic nitrogens is 2. The highest BCUT2D eigenvalue weighted by Gasteiger charge is 2.04. The van der Waals surface area contributed by atoms with Gasteiger partial charge < -0.3 is 10.1 Å². The minimum Gasteiger partial charge on any atom is -0.424 e. The zero-order valence-corrected chi connectivity index (χ0v) is 10.9. The van der Waals surface area contributed by atoms with Gasteiger partial charge in [-0.15, -0.1) is 0 Å². The minimum absolute atomic E-state index is 0.377. The molecule has 0 aliphatic heterocycles. The Balaban J connectivity index is 2.13. The molecule has 0 bridgehead atoms. The summed E-state index contributed by atoms with van der Waals surface area (Å²) < 4.78 is 5.65. The second-order valence-electron chi connectivity index (χ2n) is 4.28. The van der Waals surface area contributed by atoms with Gasteiger partial charge in [-0.25, -0.2) is 9.97 Å². The first-order chi connectivity index (χ1) is 8.69. The Labute approximate surface area is 107 Å². The lowest BCUT2D eigenvalue weighted by Crippen LogP contribution is -2.06. The van der Waals surface area contributed by atoms with Crippen LogP contribution in [0.2, 0.25) is 0 Å². The molecule has 0 saturated heterocycles. The fourth-order valence-corrected chi connectivity index (χ4v) is 1.70. The van der Waals surface area contributed by atoms with Gasteiger partial charge in [0.05, 0.1) is 0 Å². The van der Waals surface area contributed by atoms with Crippen molar-refractivity contribution in [2.45, 2.75) is 20.4 Å². The van der Waals surface area contributed by atoms with E-state index in [1.54, 1.807) is 12.4 Å². The van der Waals surface area contributed by atoms with Crippen LogP contribution in [0.5, 0.6) is 11.8 Å². The Morgan fingerprint density at radius 3 is 2.50 bits per heavy atom. The van der Waals surface area contributed by atoms with Crippen LogP contribution in [0.15, 0.2) is 30.6 Å². The van der Waals surface area contributed by atoms with Crippen molar-refractivity contribution in [3.8, 4) is 11.8 Å². The van der Waals surface area contributed by atoms with Gasteiger partial charge in [0.25, 0.3) is 0 Å². The van der Waals surface area contributed by atoms with Gasteiger partial charge >= 0.3 is 6.01 Å². The maximum absolute atomic E-state index is 5.65. The topological polar surface area (TPSA) is 47.0 Å². The summed E-state index contributed by atoms with van der Waals surface area (Å²) in [7, 11) is 1.89. The van der Waals surface area contributed by atoms with Gasteiger partial charge in [0.2, 0.25) is 0 Å². The van der Waals surface area contributed by atoms with Gasteiger partial charge in [0, 0.05) is 24.5 Å². The third-order valence-electron chi connectivity index (χ3n) is 2.59. The summed E-state index contributed by atoms with van der Waals surface area (Å²) in [6, 6.07) is 6.40. The maximum atomic E-state index is 5.65. The van der Waals surface area contributed by atoms with Gasteiger partial charge in [0.1, 0.15) is 5.75 Å². The lowest BCUT2D eigenvalue weighted by molar-refractivity contribution is 0.437. The molecule has 0 radical (unpaired) electrons. The van der Waals surface area contributed by atoms with Gasteiger partial charge in [-0.3, -0.25) is 0 Å². The number of aryl methyl sites for hydroxylation is 2. The molecule has 2 aromatic rings. The van der Waals surface area contributed by atoms with Gasteiger partial charge in [-0.1, -0.05) is 17.7 Å². The molecule has 1 aromatic heterocycles. The van der Waals surface area contributed by atoms with Gasteiger partial charge in [-0.05, 0) is 32.5 Å². The average Bonchev–Trinajstić information content (AvgIpc) is 2.35.